The first kappa shape index (κ1) is 24.2. The Morgan fingerprint density at radius 1 is 0.970 bits per heavy atom. The summed E-state index contributed by atoms with van der Waals surface area (Å²) in [6.07, 6.45) is -4.56. The molecular weight excluding hydrogens is 439 g/mol. The zero-order valence-electron chi connectivity index (χ0n) is 18.0. The number of nitrogens with zero attached hydrogens (tertiary/aromatic N) is 2. The molecule has 10 heteroatoms. The molecule has 0 radical (unpaired) electrons. The third kappa shape index (κ3) is 6.79. The zero-order valence-corrected chi connectivity index (χ0v) is 18.0. The van der Waals surface area contributed by atoms with Crippen LogP contribution in [0.1, 0.15) is 22.8 Å². The van der Waals surface area contributed by atoms with Gasteiger partial charge in [-0.25, -0.2) is 0 Å². The molecule has 1 N–H and O–H groups in total. The van der Waals surface area contributed by atoms with Gasteiger partial charge in [-0.2, -0.15) is 13.2 Å². The van der Waals surface area contributed by atoms with Crippen LogP contribution >= 0.6 is 0 Å². The number of hydrogen-bond acceptors (Lipinski definition) is 5. The van der Waals surface area contributed by atoms with E-state index in [1.54, 1.807) is 34.1 Å². The highest BCUT2D eigenvalue weighted by molar-refractivity contribution is 5.94. The van der Waals surface area contributed by atoms with Crippen LogP contribution in [0.2, 0.25) is 0 Å². The summed E-state index contributed by atoms with van der Waals surface area (Å²) in [5, 5.41) is 2.33. The van der Waals surface area contributed by atoms with Gasteiger partial charge in [-0.15, -0.1) is 0 Å². The number of carbonyl (C=O) groups is 3. The quantitative estimate of drug-likeness (QED) is 0.639. The Morgan fingerprint density at radius 3 is 2.21 bits per heavy atom. The predicted molar refractivity (Wildman–Crippen MR) is 115 cm³/mol. The number of halogens is 3. The van der Waals surface area contributed by atoms with E-state index in [0.29, 0.717) is 37.5 Å². The largest absolute Gasteiger partial charge is 0.484 e. The average molecular weight is 463 g/mol. The van der Waals surface area contributed by atoms with Gasteiger partial charge in [0.15, 0.2) is 12.4 Å². The van der Waals surface area contributed by atoms with Crippen molar-refractivity contribution in [2.75, 3.05) is 44.6 Å². The van der Waals surface area contributed by atoms with Crippen molar-refractivity contribution in [2.45, 2.75) is 13.1 Å². The van der Waals surface area contributed by atoms with Gasteiger partial charge in [-0.1, -0.05) is 12.1 Å². The minimum absolute atomic E-state index is 0.0614. The van der Waals surface area contributed by atoms with Crippen molar-refractivity contribution in [3.05, 3.63) is 59.7 Å². The van der Waals surface area contributed by atoms with Crippen molar-refractivity contribution in [1.29, 1.82) is 0 Å². The van der Waals surface area contributed by atoms with Crippen LogP contribution in [-0.4, -0.2) is 66.7 Å². The van der Waals surface area contributed by atoms with Crippen molar-refractivity contribution < 1.29 is 32.3 Å². The van der Waals surface area contributed by atoms with Gasteiger partial charge in [-0.05, 0) is 43.3 Å². The molecule has 33 heavy (non-hydrogen) atoms. The Hall–Kier alpha value is -3.40. The lowest BCUT2D eigenvalue weighted by Crippen LogP contribution is -2.51. The van der Waals surface area contributed by atoms with Gasteiger partial charge in [0.1, 0.15) is 5.75 Å². The fourth-order valence-electron chi connectivity index (χ4n) is 3.41. The second-order valence-corrected chi connectivity index (χ2v) is 7.62. The minimum Gasteiger partial charge on any atom is -0.484 e. The highest BCUT2D eigenvalue weighted by atomic mass is 19.4. The molecular formula is C23H24F3N3O4. The molecule has 176 valence electrons. The number of alkyl halides is 3. The first-order valence-electron chi connectivity index (χ1n) is 10.3. The molecule has 1 aliphatic heterocycles. The van der Waals surface area contributed by atoms with Gasteiger partial charge >= 0.3 is 6.18 Å². The standard InChI is InChI=1S/C23H24F3N3O4/c1-16(30)17-6-8-18(9-7-17)33-15-22(32)29-12-10-28(11-13-29)14-21(31)27-20-5-3-2-4-19(20)23(24,25)26/h2-9H,10-15H2,1H3,(H,27,31). The summed E-state index contributed by atoms with van der Waals surface area (Å²) in [7, 11) is 0. The molecule has 2 aromatic carbocycles. The molecule has 0 saturated carbocycles. The van der Waals surface area contributed by atoms with Crippen LogP contribution in [0.5, 0.6) is 5.75 Å². The Kier molecular flexibility index (Phi) is 7.70. The average Bonchev–Trinajstić information content (AvgIpc) is 2.78. The van der Waals surface area contributed by atoms with Crippen molar-refractivity contribution in [1.82, 2.24) is 9.80 Å². The van der Waals surface area contributed by atoms with Crippen LogP contribution in [0, 0.1) is 0 Å². The van der Waals surface area contributed by atoms with Crippen molar-refractivity contribution in [3.8, 4) is 5.75 Å². The molecule has 2 amide bonds. The maximum atomic E-state index is 13.1. The fourth-order valence-corrected chi connectivity index (χ4v) is 3.41. The van der Waals surface area contributed by atoms with E-state index in [1.165, 1.54) is 25.1 Å². The lowest BCUT2D eigenvalue weighted by Gasteiger charge is -2.34. The monoisotopic (exact) mass is 463 g/mol. The third-order valence-electron chi connectivity index (χ3n) is 5.22. The number of para-hydroxylation sites is 1. The van der Waals surface area contributed by atoms with E-state index in [1.807, 2.05) is 0 Å². The van der Waals surface area contributed by atoms with Crippen LogP contribution in [0.15, 0.2) is 48.5 Å². The molecule has 1 heterocycles. The van der Waals surface area contributed by atoms with Crippen LogP contribution in [0.25, 0.3) is 0 Å². The summed E-state index contributed by atoms with van der Waals surface area (Å²) in [6, 6.07) is 11.3. The number of amides is 2. The number of benzene rings is 2. The SMILES string of the molecule is CC(=O)c1ccc(OCC(=O)N2CCN(CC(=O)Nc3ccccc3C(F)(F)F)CC2)cc1. The maximum Gasteiger partial charge on any atom is 0.418 e. The molecule has 0 atom stereocenters. The number of nitrogens with one attached hydrogen (secondary N) is 1. The second kappa shape index (κ2) is 10.5. The Balaban J connectivity index is 1.43. The molecule has 0 bridgehead atoms. The number of Topliss-reactive ketones (excluding diaryl/α,β-unsaturated/α-hetero) is 1. The summed E-state index contributed by atoms with van der Waals surface area (Å²) in [4.78, 5) is 39.3. The lowest BCUT2D eigenvalue weighted by atomic mass is 10.1. The van der Waals surface area contributed by atoms with Gasteiger partial charge in [0.2, 0.25) is 5.91 Å². The molecule has 0 aliphatic carbocycles. The van der Waals surface area contributed by atoms with Gasteiger partial charge in [0, 0.05) is 31.7 Å². The first-order valence-corrected chi connectivity index (χ1v) is 10.3. The van der Waals surface area contributed by atoms with Crippen LogP contribution < -0.4 is 10.1 Å². The third-order valence-corrected chi connectivity index (χ3v) is 5.22. The highest BCUT2D eigenvalue weighted by Gasteiger charge is 2.33. The number of ketones is 1. The summed E-state index contributed by atoms with van der Waals surface area (Å²) in [5.74, 6) is -0.353. The Morgan fingerprint density at radius 2 is 1.61 bits per heavy atom. The molecule has 3 rings (SSSR count). The summed E-state index contributed by atoms with van der Waals surface area (Å²) < 4.78 is 44.7. The van der Waals surface area contributed by atoms with Crippen molar-refractivity contribution in [2.24, 2.45) is 0 Å². The highest BCUT2D eigenvalue weighted by Crippen LogP contribution is 2.34. The van der Waals surface area contributed by atoms with E-state index in [2.05, 4.69) is 5.32 Å². The first-order chi connectivity index (χ1) is 15.6. The van der Waals surface area contributed by atoms with Gasteiger partial charge in [0.25, 0.3) is 5.91 Å². The molecule has 7 nitrogen and oxygen atoms in total. The van der Waals surface area contributed by atoms with Gasteiger partial charge < -0.3 is 15.0 Å². The molecule has 2 aromatic rings. The fraction of sp³-hybridized carbons (Fsp3) is 0.348. The molecule has 1 saturated heterocycles. The van der Waals surface area contributed by atoms with E-state index in [-0.39, 0.29) is 30.5 Å². The number of rotatable bonds is 7. The molecule has 1 aliphatic rings. The van der Waals surface area contributed by atoms with Gasteiger partial charge in [-0.3, -0.25) is 19.3 Å². The van der Waals surface area contributed by atoms with Crippen LogP contribution in [-0.2, 0) is 15.8 Å². The summed E-state index contributed by atoms with van der Waals surface area (Å²) in [6.45, 7) is 2.79. The number of hydrogen-bond donors (Lipinski definition) is 1. The molecule has 1 fully saturated rings. The molecule has 0 spiro atoms. The molecule has 0 unspecified atom stereocenters. The predicted octanol–water partition coefficient (Wildman–Crippen LogP) is 3.07. The molecule has 0 aromatic heterocycles. The maximum absolute atomic E-state index is 13.1. The number of piperazine rings is 1. The number of ether oxygens (including phenoxy) is 1. The van der Waals surface area contributed by atoms with Crippen molar-refractivity contribution >= 4 is 23.3 Å². The number of carbonyl (C=O) groups excluding carboxylic acids is 3. The Bertz CT molecular complexity index is 1000. The lowest BCUT2D eigenvalue weighted by molar-refractivity contribution is -0.137. The van der Waals surface area contributed by atoms with E-state index in [9.17, 15) is 27.6 Å². The van der Waals surface area contributed by atoms with Gasteiger partial charge in [0.05, 0.1) is 17.8 Å². The van der Waals surface area contributed by atoms with Crippen molar-refractivity contribution in [3.63, 3.8) is 0 Å². The summed E-state index contributed by atoms with van der Waals surface area (Å²) in [5.41, 5.74) is -0.627. The zero-order chi connectivity index (χ0) is 24.0. The normalized spacial score (nSPS) is 14.6. The smallest absolute Gasteiger partial charge is 0.418 e. The Labute approximate surface area is 189 Å². The topological polar surface area (TPSA) is 79.0 Å². The van der Waals surface area contributed by atoms with E-state index >= 15 is 0 Å². The second-order valence-electron chi connectivity index (χ2n) is 7.62. The van der Waals surface area contributed by atoms with Crippen LogP contribution in [0.4, 0.5) is 18.9 Å². The van der Waals surface area contributed by atoms with Crippen LogP contribution in [0.3, 0.4) is 0 Å². The van der Waals surface area contributed by atoms with E-state index < -0.39 is 17.6 Å². The minimum atomic E-state index is -4.56. The summed E-state index contributed by atoms with van der Waals surface area (Å²) >= 11 is 0. The van der Waals surface area contributed by atoms with E-state index in [0.717, 1.165) is 6.07 Å². The van der Waals surface area contributed by atoms with E-state index in [4.69, 9.17) is 4.74 Å². The number of anilines is 1.